The maximum absolute atomic E-state index is 10.1. The molecule has 3 nitrogen and oxygen atoms in total. The van der Waals surface area contributed by atoms with Crippen LogP contribution in [-0.4, -0.2) is 47.3 Å². The van der Waals surface area contributed by atoms with E-state index in [4.69, 9.17) is 0 Å². The fraction of sp³-hybridized carbons (Fsp3) is 1.00. The molecule has 0 spiro atoms. The van der Waals surface area contributed by atoms with Gasteiger partial charge in [0.05, 0.1) is 6.10 Å². The predicted octanol–water partition coefficient (Wildman–Crippen LogP) is 0.972. The minimum Gasteiger partial charge on any atom is -0.391 e. The van der Waals surface area contributed by atoms with Crippen molar-refractivity contribution in [2.24, 2.45) is 0 Å². The molecule has 0 bridgehead atoms. The normalized spacial score (nSPS) is 44.2. The van der Waals surface area contributed by atoms with Gasteiger partial charge in [-0.25, -0.2) is 0 Å². The number of hydrogen-bond acceptors (Lipinski definition) is 3. The molecule has 3 heteroatoms. The van der Waals surface area contributed by atoms with Gasteiger partial charge in [0.15, 0.2) is 0 Å². The van der Waals surface area contributed by atoms with Crippen LogP contribution in [0.1, 0.15) is 39.5 Å². The van der Waals surface area contributed by atoms with Crippen molar-refractivity contribution >= 4 is 0 Å². The Labute approximate surface area is 92.8 Å². The van der Waals surface area contributed by atoms with Gasteiger partial charge in [0.1, 0.15) is 0 Å². The van der Waals surface area contributed by atoms with Crippen molar-refractivity contribution in [1.29, 1.82) is 0 Å². The smallest absolute Gasteiger partial charge is 0.0695 e. The molecular weight excluding hydrogens is 188 g/mol. The SMILES string of the molecule is CC1CN(C2CCCCC2O)C(C)CN1. The minimum atomic E-state index is -0.0912. The standard InChI is InChI=1S/C12H24N2O/c1-9-8-14(10(2)7-13-9)11-5-3-4-6-12(11)15/h9-13,15H,3-8H2,1-2H3. The molecule has 0 aromatic carbocycles. The lowest BCUT2D eigenvalue weighted by Gasteiger charge is -2.45. The molecule has 1 heterocycles. The van der Waals surface area contributed by atoms with Gasteiger partial charge in [0, 0.05) is 31.2 Å². The van der Waals surface area contributed by atoms with Crippen LogP contribution in [0.25, 0.3) is 0 Å². The van der Waals surface area contributed by atoms with E-state index in [1.807, 2.05) is 0 Å². The summed E-state index contributed by atoms with van der Waals surface area (Å²) >= 11 is 0. The van der Waals surface area contributed by atoms with Crippen LogP contribution < -0.4 is 5.32 Å². The molecule has 1 saturated carbocycles. The summed E-state index contributed by atoms with van der Waals surface area (Å²) in [6.07, 6.45) is 4.57. The van der Waals surface area contributed by atoms with E-state index in [2.05, 4.69) is 24.1 Å². The predicted molar refractivity (Wildman–Crippen MR) is 61.9 cm³/mol. The second-order valence-corrected chi connectivity index (χ2v) is 5.27. The van der Waals surface area contributed by atoms with Crippen molar-refractivity contribution < 1.29 is 5.11 Å². The van der Waals surface area contributed by atoms with Crippen LogP contribution in [0.15, 0.2) is 0 Å². The van der Waals surface area contributed by atoms with Gasteiger partial charge in [-0.2, -0.15) is 0 Å². The Balaban J connectivity index is 1.99. The van der Waals surface area contributed by atoms with Crippen molar-refractivity contribution in [3.05, 3.63) is 0 Å². The maximum Gasteiger partial charge on any atom is 0.0695 e. The molecule has 4 unspecified atom stereocenters. The number of rotatable bonds is 1. The van der Waals surface area contributed by atoms with Crippen LogP contribution in [0.2, 0.25) is 0 Å². The summed E-state index contributed by atoms with van der Waals surface area (Å²) in [5.41, 5.74) is 0. The Bertz CT molecular complexity index is 210. The molecule has 1 saturated heterocycles. The van der Waals surface area contributed by atoms with Crippen molar-refractivity contribution in [3.63, 3.8) is 0 Å². The van der Waals surface area contributed by atoms with E-state index < -0.39 is 0 Å². The van der Waals surface area contributed by atoms with E-state index in [1.165, 1.54) is 19.3 Å². The molecule has 4 atom stereocenters. The molecule has 2 aliphatic rings. The van der Waals surface area contributed by atoms with Crippen molar-refractivity contribution in [2.75, 3.05) is 13.1 Å². The van der Waals surface area contributed by atoms with Crippen LogP contribution in [0.3, 0.4) is 0 Å². The van der Waals surface area contributed by atoms with E-state index in [-0.39, 0.29) is 6.10 Å². The monoisotopic (exact) mass is 212 g/mol. The Kier molecular flexibility index (Phi) is 3.65. The summed E-state index contributed by atoms with van der Waals surface area (Å²) in [5.74, 6) is 0. The Morgan fingerprint density at radius 3 is 2.67 bits per heavy atom. The van der Waals surface area contributed by atoms with Gasteiger partial charge in [0.2, 0.25) is 0 Å². The van der Waals surface area contributed by atoms with Crippen LogP contribution in [-0.2, 0) is 0 Å². The first-order valence-electron chi connectivity index (χ1n) is 6.35. The largest absolute Gasteiger partial charge is 0.391 e. The van der Waals surface area contributed by atoms with E-state index in [0.717, 1.165) is 19.5 Å². The fourth-order valence-corrected chi connectivity index (χ4v) is 2.99. The highest BCUT2D eigenvalue weighted by Gasteiger charge is 2.34. The number of hydrogen-bond donors (Lipinski definition) is 2. The van der Waals surface area contributed by atoms with Crippen LogP contribution in [0, 0.1) is 0 Å². The average molecular weight is 212 g/mol. The van der Waals surface area contributed by atoms with Gasteiger partial charge in [-0.1, -0.05) is 12.8 Å². The Hall–Kier alpha value is -0.120. The van der Waals surface area contributed by atoms with Gasteiger partial charge in [-0.15, -0.1) is 0 Å². The highest BCUT2D eigenvalue weighted by Crippen LogP contribution is 2.25. The molecule has 0 radical (unpaired) electrons. The van der Waals surface area contributed by atoms with Gasteiger partial charge in [0.25, 0.3) is 0 Å². The number of aliphatic hydroxyl groups excluding tert-OH is 1. The zero-order chi connectivity index (χ0) is 10.8. The van der Waals surface area contributed by atoms with Gasteiger partial charge >= 0.3 is 0 Å². The molecule has 0 aromatic rings. The first-order chi connectivity index (χ1) is 7.18. The van der Waals surface area contributed by atoms with Gasteiger partial charge in [-0.05, 0) is 26.7 Å². The molecular formula is C12H24N2O. The summed E-state index contributed by atoms with van der Waals surface area (Å²) in [5, 5.41) is 13.6. The number of nitrogens with one attached hydrogen (secondary N) is 1. The van der Waals surface area contributed by atoms with Gasteiger partial charge in [-0.3, -0.25) is 4.90 Å². The zero-order valence-electron chi connectivity index (χ0n) is 9.95. The molecule has 15 heavy (non-hydrogen) atoms. The van der Waals surface area contributed by atoms with E-state index in [9.17, 15) is 5.11 Å². The topological polar surface area (TPSA) is 35.5 Å². The zero-order valence-corrected chi connectivity index (χ0v) is 9.95. The molecule has 1 aliphatic heterocycles. The molecule has 2 fully saturated rings. The van der Waals surface area contributed by atoms with Crippen molar-refractivity contribution in [1.82, 2.24) is 10.2 Å². The first-order valence-corrected chi connectivity index (χ1v) is 6.35. The Morgan fingerprint density at radius 2 is 1.93 bits per heavy atom. The Morgan fingerprint density at radius 1 is 1.20 bits per heavy atom. The molecule has 0 aromatic heterocycles. The summed E-state index contributed by atoms with van der Waals surface area (Å²) < 4.78 is 0. The lowest BCUT2D eigenvalue weighted by atomic mass is 9.89. The first kappa shape index (κ1) is 11.4. The third-order valence-corrected chi connectivity index (χ3v) is 3.93. The summed E-state index contributed by atoms with van der Waals surface area (Å²) in [7, 11) is 0. The summed E-state index contributed by atoms with van der Waals surface area (Å²) in [4.78, 5) is 2.52. The van der Waals surface area contributed by atoms with Gasteiger partial charge < -0.3 is 10.4 Å². The lowest BCUT2D eigenvalue weighted by molar-refractivity contribution is -0.0134. The molecule has 2 N–H and O–H groups in total. The van der Waals surface area contributed by atoms with Crippen LogP contribution >= 0.6 is 0 Å². The van der Waals surface area contributed by atoms with E-state index in [0.29, 0.717) is 18.1 Å². The fourth-order valence-electron chi connectivity index (χ4n) is 2.99. The highest BCUT2D eigenvalue weighted by atomic mass is 16.3. The third-order valence-electron chi connectivity index (χ3n) is 3.93. The summed E-state index contributed by atoms with van der Waals surface area (Å²) in [6, 6.07) is 1.55. The number of aliphatic hydroxyl groups is 1. The third kappa shape index (κ3) is 2.52. The minimum absolute atomic E-state index is 0.0912. The maximum atomic E-state index is 10.1. The van der Waals surface area contributed by atoms with Crippen molar-refractivity contribution in [3.8, 4) is 0 Å². The van der Waals surface area contributed by atoms with Crippen molar-refractivity contribution in [2.45, 2.75) is 63.8 Å². The van der Waals surface area contributed by atoms with E-state index in [1.54, 1.807) is 0 Å². The average Bonchev–Trinajstić information content (AvgIpc) is 2.23. The van der Waals surface area contributed by atoms with Crippen LogP contribution in [0.5, 0.6) is 0 Å². The summed E-state index contributed by atoms with van der Waals surface area (Å²) in [6.45, 7) is 6.64. The molecule has 0 amide bonds. The van der Waals surface area contributed by atoms with E-state index >= 15 is 0 Å². The number of nitrogens with zero attached hydrogens (tertiary/aromatic N) is 1. The molecule has 2 rings (SSSR count). The number of piperazine rings is 1. The quantitative estimate of drug-likeness (QED) is 0.680. The lowest BCUT2D eigenvalue weighted by Crippen LogP contribution is -2.60. The van der Waals surface area contributed by atoms with Crippen LogP contribution in [0.4, 0.5) is 0 Å². The molecule has 88 valence electrons. The highest BCUT2D eigenvalue weighted by molar-refractivity contribution is 4.90. The second kappa shape index (κ2) is 4.81. The second-order valence-electron chi connectivity index (χ2n) is 5.27. The molecule has 1 aliphatic carbocycles.